The van der Waals surface area contributed by atoms with Gasteiger partial charge in [-0.2, -0.15) is 16.4 Å². The maximum Gasteiger partial charge on any atom is 0.543 e. The Morgan fingerprint density at radius 1 is 0.500 bits per heavy atom. The molecule has 6 aromatic rings. The third-order valence-electron chi connectivity index (χ3n) is 10.1. The smallest absolute Gasteiger partial charge is 0.370 e. The van der Waals surface area contributed by atoms with E-state index in [2.05, 4.69) is 91.4 Å². The monoisotopic (exact) mass is 796 g/mol. The van der Waals surface area contributed by atoms with Crippen LogP contribution in [0.3, 0.4) is 0 Å². The first-order valence-corrected chi connectivity index (χ1v) is 21.2. The third-order valence-corrected chi connectivity index (χ3v) is 13.2. The van der Waals surface area contributed by atoms with Crippen LogP contribution in [0.15, 0.2) is 182 Å². The molecule has 58 heavy (non-hydrogen) atoms. The molecule has 0 fully saturated rings. The van der Waals surface area contributed by atoms with Gasteiger partial charge < -0.3 is 13.3 Å². The SMILES string of the molecule is C1=C[CH+]C(=C(c2ccccc2)c2ccccc2)C=C1.CCO[Si](OCC)(OCC)c1c(F)c(F)c([B-](c2ccccc2)(c2ccccc2)c2ccccc2)c(F)c1F. The standard InChI is InChI=1S/C30H30BF4O3Si.C19H15/c1-4-36-39(37-5-2,38-6-3)30-28(34)26(32)25(27(33)29(30)35)31(22-16-10-7-11-17-22,23-18-12-8-13-19-23)24-20-14-9-15-21-24;1-4-10-16(11-5-1)19(17-12-6-2-7-13-17)18-14-8-3-9-15-18/h7-21H,4-6H2,1-3H3;1-15H/q-1;+1. The molecule has 9 heteroatoms. The van der Waals surface area contributed by atoms with Crippen molar-refractivity contribution in [3.63, 3.8) is 0 Å². The number of benzene rings is 6. The summed E-state index contributed by atoms with van der Waals surface area (Å²) in [6.45, 7) is 4.65. The molecule has 0 N–H and O–H groups in total. The van der Waals surface area contributed by atoms with Gasteiger partial charge in [-0.3, -0.25) is 0 Å². The zero-order chi connectivity index (χ0) is 41.0. The fraction of sp³-hybridized carbons (Fsp3) is 0.122. The highest BCUT2D eigenvalue weighted by molar-refractivity contribution is 7.20. The van der Waals surface area contributed by atoms with Crippen molar-refractivity contribution in [1.82, 2.24) is 0 Å². The molecule has 0 aliphatic heterocycles. The molecule has 1 aliphatic carbocycles. The van der Waals surface area contributed by atoms with Gasteiger partial charge in [0.2, 0.25) is 0 Å². The Balaban J connectivity index is 0.000000247. The average molecular weight is 797 g/mol. The van der Waals surface area contributed by atoms with Crippen LogP contribution in [0.25, 0.3) is 5.57 Å². The molecule has 0 spiro atoms. The summed E-state index contributed by atoms with van der Waals surface area (Å²) in [4.78, 5) is 0. The van der Waals surface area contributed by atoms with Crippen molar-refractivity contribution >= 4 is 47.6 Å². The lowest BCUT2D eigenvalue weighted by Crippen LogP contribution is -2.77. The molecule has 0 amide bonds. The first-order valence-electron chi connectivity index (χ1n) is 19.5. The largest absolute Gasteiger partial charge is 0.543 e. The van der Waals surface area contributed by atoms with Crippen LogP contribution in [0.1, 0.15) is 31.9 Å². The number of hydrogen-bond donors (Lipinski definition) is 0. The molecule has 1 aliphatic rings. The van der Waals surface area contributed by atoms with E-state index in [1.165, 1.54) is 22.3 Å². The van der Waals surface area contributed by atoms with Crippen LogP contribution in [0.2, 0.25) is 0 Å². The van der Waals surface area contributed by atoms with Gasteiger partial charge in [-0.25, -0.2) is 17.6 Å². The lowest BCUT2D eigenvalue weighted by atomic mass is 9.13. The molecule has 0 aromatic heterocycles. The predicted octanol–water partition coefficient (Wildman–Crippen LogP) is 8.69. The minimum atomic E-state index is -4.37. The molecule has 6 aromatic carbocycles. The molecule has 294 valence electrons. The van der Waals surface area contributed by atoms with Crippen molar-refractivity contribution < 1.29 is 30.8 Å². The maximum absolute atomic E-state index is 16.6. The Hall–Kier alpha value is -5.71. The van der Waals surface area contributed by atoms with Crippen molar-refractivity contribution in [2.75, 3.05) is 19.8 Å². The van der Waals surface area contributed by atoms with Crippen molar-refractivity contribution in [2.45, 2.75) is 20.8 Å². The van der Waals surface area contributed by atoms with Crippen LogP contribution >= 0.6 is 0 Å². The van der Waals surface area contributed by atoms with Crippen LogP contribution in [-0.2, 0) is 13.3 Å². The second-order valence-corrected chi connectivity index (χ2v) is 15.9. The van der Waals surface area contributed by atoms with E-state index in [0.717, 1.165) is 0 Å². The summed E-state index contributed by atoms with van der Waals surface area (Å²) >= 11 is 0. The summed E-state index contributed by atoms with van der Waals surface area (Å²) in [7, 11) is -4.37. The van der Waals surface area contributed by atoms with E-state index in [9.17, 15) is 0 Å². The lowest BCUT2D eigenvalue weighted by molar-refractivity contribution is 0.0840. The van der Waals surface area contributed by atoms with E-state index < -0.39 is 48.9 Å². The van der Waals surface area contributed by atoms with Crippen LogP contribution in [0.5, 0.6) is 0 Å². The molecule has 0 heterocycles. The van der Waals surface area contributed by atoms with Gasteiger partial charge in [0.15, 0.2) is 11.6 Å². The highest BCUT2D eigenvalue weighted by Gasteiger charge is 2.51. The van der Waals surface area contributed by atoms with Gasteiger partial charge in [0.25, 0.3) is 0 Å². The lowest BCUT2D eigenvalue weighted by Gasteiger charge is -2.44. The average Bonchev–Trinajstić information content (AvgIpc) is 3.27. The van der Waals surface area contributed by atoms with Gasteiger partial charge in [-0.05, 0) is 45.0 Å². The zero-order valence-electron chi connectivity index (χ0n) is 32.8. The van der Waals surface area contributed by atoms with Crippen LogP contribution in [-0.4, -0.2) is 34.8 Å². The summed E-state index contributed by atoms with van der Waals surface area (Å²) in [6, 6.07) is 47.0. The van der Waals surface area contributed by atoms with Gasteiger partial charge in [0.05, 0.1) is 10.8 Å². The molecule has 0 radical (unpaired) electrons. The van der Waals surface area contributed by atoms with Gasteiger partial charge in [-0.1, -0.05) is 127 Å². The summed E-state index contributed by atoms with van der Waals surface area (Å²) in [6.07, 6.45) is 7.82. The summed E-state index contributed by atoms with van der Waals surface area (Å²) < 4.78 is 82.6. The quantitative estimate of drug-likeness (QED) is 0.0507. The van der Waals surface area contributed by atoms with Gasteiger partial charge in [0.1, 0.15) is 23.4 Å². The van der Waals surface area contributed by atoms with Gasteiger partial charge >= 0.3 is 8.80 Å². The van der Waals surface area contributed by atoms with E-state index in [4.69, 9.17) is 13.3 Å². The molecule has 0 atom stereocenters. The topological polar surface area (TPSA) is 27.7 Å². The molecular formula is C49H45BF4O3Si. The Labute approximate surface area is 340 Å². The van der Waals surface area contributed by atoms with Crippen LogP contribution < -0.4 is 27.0 Å². The molecular weight excluding hydrogens is 751 g/mol. The Morgan fingerprint density at radius 2 is 0.862 bits per heavy atom. The van der Waals surface area contributed by atoms with E-state index >= 15 is 17.6 Å². The molecule has 0 saturated carbocycles. The van der Waals surface area contributed by atoms with Crippen molar-refractivity contribution in [3.05, 3.63) is 222 Å². The maximum atomic E-state index is 16.6. The van der Waals surface area contributed by atoms with E-state index in [1.54, 1.807) is 112 Å². The highest BCUT2D eigenvalue weighted by atomic mass is 28.4. The Kier molecular flexibility index (Phi) is 14.2. The number of hydrogen-bond acceptors (Lipinski definition) is 3. The Morgan fingerprint density at radius 3 is 1.19 bits per heavy atom. The van der Waals surface area contributed by atoms with E-state index in [1.807, 2.05) is 0 Å². The molecule has 0 bridgehead atoms. The molecule has 0 saturated heterocycles. The normalized spacial score (nSPS) is 12.4. The summed E-state index contributed by atoms with van der Waals surface area (Å²) in [5.74, 6) is -6.20. The Bertz CT molecular complexity index is 2160. The minimum absolute atomic E-state index is 0.0397. The van der Waals surface area contributed by atoms with Gasteiger partial charge in [-0.15, -0.1) is 5.46 Å². The summed E-state index contributed by atoms with van der Waals surface area (Å²) in [5.41, 5.74) is 5.78. The van der Waals surface area contributed by atoms with Crippen molar-refractivity contribution in [3.8, 4) is 0 Å². The van der Waals surface area contributed by atoms with Gasteiger partial charge in [0, 0.05) is 61.7 Å². The fourth-order valence-electron chi connectivity index (χ4n) is 7.83. The van der Waals surface area contributed by atoms with Crippen molar-refractivity contribution in [2.24, 2.45) is 0 Å². The van der Waals surface area contributed by atoms with Crippen molar-refractivity contribution in [1.29, 1.82) is 0 Å². The number of rotatable bonds is 13. The molecule has 0 unspecified atom stereocenters. The predicted molar refractivity (Wildman–Crippen MR) is 232 cm³/mol. The van der Waals surface area contributed by atoms with E-state index in [0.29, 0.717) is 16.4 Å². The first kappa shape index (κ1) is 41.9. The third kappa shape index (κ3) is 8.44. The van der Waals surface area contributed by atoms with Crippen LogP contribution in [0.4, 0.5) is 17.6 Å². The zero-order valence-corrected chi connectivity index (χ0v) is 33.8. The molecule has 3 nitrogen and oxygen atoms in total. The van der Waals surface area contributed by atoms with Crippen LogP contribution in [0, 0.1) is 29.7 Å². The second-order valence-electron chi connectivity index (χ2n) is 13.5. The minimum Gasteiger partial charge on any atom is -0.370 e. The first-order chi connectivity index (χ1) is 28.3. The number of halogens is 4. The fourth-order valence-corrected chi connectivity index (χ4v) is 10.4. The second kappa shape index (κ2) is 19.6. The molecule has 7 rings (SSSR count). The highest BCUT2D eigenvalue weighted by Crippen LogP contribution is 2.30. The number of allylic oxidation sites excluding steroid dienone is 5. The summed E-state index contributed by atoms with van der Waals surface area (Å²) in [5, 5.41) is -0.967. The van der Waals surface area contributed by atoms with E-state index in [-0.39, 0.29) is 19.8 Å².